The molecule has 0 radical (unpaired) electrons. The largest absolute Gasteiger partial charge is 0.393 e. The number of anilines is 2. The van der Waals surface area contributed by atoms with Gasteiger partial charge in [-0.25, -0.2) is 0 Å². The summed E-state index contributed by atoms with van der Waals surface area (Å²) in [4.78, 5) is 10.1. The van der Waals surface area contributed by atoms with Crippen LogP contribution in [0.5, 0.6) is 0 Å². The monoisotopic (exact) mass is 250 g/mol. The van der Waals surface area contributed by atoms with Gasteiger partial charge in [-0.3, -0.25) is 10.1 Å². The van der Waals surface area contributed by atoms with E-state index in [1.807, 2.05) is 0 Å². The van der Waals surface area contributed by atoms with E-state index in [1.54, 1.807) is 12.1 Å². The van der Waals surface area contributed by atoms with Gasteiger partial charge in [-0.15, -0.1) is 0 Å². The van der Waals surface area contributed by atoms with E-state index in [9.17, 15) is 10.1 Å². The molecule has 1 fully saturated rings. The molecule has 0 amide bonds. The van der Waals surface area contributed by atoms with Crippen LogP contribution in [0.15, 0.2) is 18.2 Å². The fourth-order valence-corrected chi connectivity index (χ4v) is 2.22. The molecule has 18 heavy (non-hydrogen) atoms. The van der Waals surface area contributed by atoms with Gasteiger partial charge < -0.3 is 16.4 Å². The first-order valence-corrected chi connectivity index (χ1v) is 6.18. The standard InChI is InChI=1S/C12H18N4O2/c13-11-8-10(3-4-12(11)16(17)18)15-7-5-9-2-1-6-14-9/h3-4,8-9,14-15H,1-2,5-7,13H2/t9-/m0/s1. The highest BCUT2D eigenvalue weighted by Gasteiger charge is 2.14. The van der Waals surface area contributed by atoms with Crippen LogP contribution in [0.25, 0.3) is 0 Å². The quantitative estimate of drug-likeness (QED) is 0.420. The van der Waals surface area contributed by atoms with Gasteiger partial charge in [-0.2, -0.15) is 0 Å². The molecular weight excluding hydrogens is 232 g/mol. The molecule has 6 nitrogen and oxygen atoms in total. The van der Waals surface area contributed by atoms with E-state index in [2.05, 4.69) is 10.6 Å². The summed E-state index contributed by atoms with van der Waals surface area (Å²) >= 11 is 0. The maximum absolute atomic E-state index is 10.6. The molecule has 1 aliphatic rings. The van der Waals surface area contributed by atoms with Gasteiger partial charge in [0.05, 0.1) is 4.92 Å². The first kappa shape index (κ1) is 12.6. The predicted molar refractivity (Wildman–Crippen MR) is 71.6 cm³/mol. The van der Waals surface area contributed by atoms with Gasteiger partial charge in [-0.05, 0) is 37.9 Å². The number of benzene rings is 1. The van der Waals surface area contributed by atoms with Crippen LogP contribution in [0.1, 0.15) is 19.3 Å². The summed E-state index contributed by atoms with van der Waals surface area (Å²) in [6.07, 6.45) is 3.52. The molecule has 1 aromatic rings. The topological polar surface area (TPSA) is 93.2 Å². The van der Waals surface area contributed by atoms with Crippen molar-refractivity contribution < 1.29 is 4.92 Å². The van der Waals surface area contributed by atoms with Crippen LogP contribution in [-0.2, 0) is 0 Å². The molecule has 0 aliphatic carbocycles. The van der Waals surface area contributed by atoms with Crippen LogP contribution in [0, 0.1) is 10.1 Å². The first-order chi connectivity index (χ1) is 8.66. The number of nitro groups is 1. The molecule has 0 aromatic heterocycles. The molecule has 1 aliphatic heterocycles. The molecule has 0 spiro atoms. The average Bonchev–Trinajstić information content (AvgIpc) is 2.81. The first-order valence-electron chi connectivity index (χ1n) is 6.18. The lowest BCUT2D eigenvalue weighted by Crippen LogP contribution is -2.24. The van der Waals surface area contributed by atoms with Gasteiger partial charge >= 0.3 is 0 Å². The molecule has 1 heterocycles. The normalized spacial score (nSPS) is 18.8. The predicted octanol–water partition coefficient (Wildman–Crippen LogP) is 1.73. The Morgan fingerprint density at radius 3 is 3.00 bits per heavy atom. The minimum atomic E-state index is -0.471. The van der Waals surface area contributed by atoms with E-state index in [0.29, 0.717) is 6.04 Å². The Hall–Kier alpha value is -1.82. The molecule has 0 unspecified atom stereocenters. The van der Waals surface area contributed by atoms with Crippen LogP contribution < -0.4 is 16.4 Å². The number of hydrogen-bond donors (Lipinski definition) is 3. The smallest absolute Gasteiger partial charge is 0.292 e. The SMILES string of the molecule is Nc1cc(NCC[C@@H]2CCCN2)ccc1[N+](=O)[O-]. The summed E-state index contributed by atoms with van der Waals surface area (Å²) in [5, 5.41) is 17.3. The fourth-order valence-electron chi connectivity index (χ4n) is 2.22. The zero-order valence-corrected chi connectivity index (χ0v) is 10.2. The van der Waals surface area contributed by atoms with Gasteiger partial charge in [-0.1, -0.05) is 0 Å². The lowest BCUT2D eigenvalue weighted by atomic mass is 10.1. The lowest BCUT2D eigenvalue weighted by Gasteiger charge is -2.11. The fraction of sp³-hybridized carbons (Fsp3) is 0.500. The number of rotatable bonds is 5. The minimum absolute atomic E-state index is 0.0435. The molecule has 4 N–H and O–H groups in total. The third-order valence-electron chi connectivity index (χ3n) is 3.21. The van der Waals surface area contributed by atoms with Gasteiger partial charge in [0.25, 0.3) is 5.69 Å². The summed E-state index contributed by atoms with van der Waals surface area (Å²) in [5.41, 5.74) is 6.61. The summed E-state index contributed by atoms with van der Waals surface area (Å²) in [5.74, 6) is 0. The zero-order chi connectivity index (χ0) is 13.0. The summed E-state index contributed by atoms with van der Waals surface area (Å²) in [6.45, 7) is 1.95. The maximum Gasteiger partial charge on any atom is 0.292 e. The third kappa shape index (κ3) is 3.10. The van der Waals surface area contributed by atoms with Gasteiger partial charge in [0, 0.05) is 24.3 Å². The van der Waals surface area contributed by atoms with E-state index in [4.69, 9.17) is 5.73 Å². The third-order valence-corrected chi connectivity index (χ3v) is 3.21. The molecular formula is C12H18N4O2. The Morgan fingerprint density at radius 1 is 1.56 bits per heavy atom. The molecule has 0 bridgehead atoms. The van der Waals surface area contributed by atoms with Crippen LogP contribution in [0.4, 0.5) is 17.1 Å². The number of nitrogens with two attached hydrogens (primary N) is 1. The van der Waals surface area contributed by atoms with Crippen molar-refractivity contribution in [2.45, 2.75) is 25.3 Å². The molecule has 1 saturated heterocycles. The van der Waals surface area contributed by atoms with E-state index in [-0.39, 0.29) is 11.4 Å². The summed E-state index contributed by atoms with van der Waals surface area (Å²) in [6, 6.07) is 5.33. The van der Waals surface area contributed by atoms with Crippen molar-refractivity contribution in [1.82, 2.24) is 5.32 Å². The Balaban J connectivity index is 1.85. The molecule has 0 saturated carbocycles. The van der Waals surface area contributed by atoms with E-state index in [1.165, 1.54) is 18.9 Å². The second-order valence-electron chi connectivity index (χ2n) is 4.54. The average molecular weight is 250 g/mol. The molecule has 1 aromatic carbocycles. The lowest BCUT2D eigenvalue weighted by molar-refractivity contribution is -0.383. The number of nitrogen functional groups attached to an aromatic ring is 1. The van der Waals surface area contributed by atoms with Crippen molar-refractivity contribution in [3.63, 3.8) is 0 Å². The van der Waals surface area contributed by atoms with Gasteiger partial charge in [0.2, 0.25) is 0 Å². The second kappa shape index (κ2) is 5.68. The van der Waals surface area contributed by atoms with E-state index >= 15 is 0 Å². The molecule has 2 rings (SSSR count). The van der Waals surface area contributed by atoms with E-state index in [0.717, 1.165) is 25.2 Å². The van der Waals surface area contributed by atoms with Crippen molar-refractivity contribution in [2.24, 2.45) is 0 Å². The maximum atomic E-state index is 10.6. The Kier molecular flexibility index (Phi) is 3.99. The number of nitrogens with zero attached hydrogens (tertiary/aromatic N) is 1. The highest BCUT2D eigenvalue weighted by atomic mass is 16.6. The van der Waals surface area contributed by atoms with Gasteiger partial charge in [0.1, 0.15) is 5.69 Å². The highest BCUT2D eigenvalue weighted by molar-refractivity contribution is 5.65. The van der Waals surface area contributed by atoms with Crippen molar-refractivity contribution in [1.29, 1.82) is 0 Å². The number of nitrogens with one attached hydrogen (secondary N) is 2. The second-order valence-corrected chi connectivity index (χ2v) is 4.54. The number of nitro benzene ring substituents is 1. The van der Waals surface area contributed by atoms with Crippen LogP contribution in [-0.4, -0.2) is 24.1 Å². The molecule has 1 atom stereocenters. The van der Waals surface area contributed by atoms with Crippen molar-refractivity contribution >= 4 is 17.1 Å². The van der Waals surface area contributed by atoms with Crippen LogP contribution in [0.2, 0.25) is 0 Å². The van der Waals surface area contributed by atoms with Crippen molar-refractivity contribution in [3.05, 3.63) is 28.3 Å². The van der Waals surface area contributed by atoms with Crippen LogP contribution in [0.3, 0.4) is 0 Å². The molecule has 6 heteroatoms. The zero-order valence-electron chi connectivity index (χ0n) is 10.2. The van der Waals surface area contributed by atoms with Crippen LogP contribution >= 0.6 is 0 Å². The Bertz CT molecular complexity index is 430. The van der Waals surface area contributed by atoms with Crippen molar-refractivity contribution in [2.75, 3.05) is 24.1 Å². The molecule has 98 valence electrons. The highest BCUT2D eigenvalue weighted by Crippen LogP contribution is 2.24. The summed E-state index contributed by atoms with van der Waals surface area (Å²) < 4.78 is 0. The van der Waals surface area contributed by atoms with Gasteiger partial charge in [0.15, 0.2) is 0 Å². The summed E-state index contributed by atoms with van der Waals surface area (Å²) in [7, 11) is 0. The number of hydrogen-bond acceptors (Lipinski definition) is 5. The Labute approximate surface area is 106 Å². The minimum Gasteiger partial charge on any atom is -0.393 e. The van der Waals surface area contributed by atoms with E-state index < -0.39 is 4.92 Å². The van der Waals surface area contributed by atoms with Crippen molar-refractivity contribution in [3.8, 4) is 0 Å². The Morgan fingerprint density at radius 2 is 2.39 bits per heavy atom.